The molecule has 8 unspecified atom stereocenters. The van der Waals surface area contributed by atoms with Crippen molar-refractivity contribution >= 4 is 35.8 Å². The van der Waals surface area contributed by atoms with Crippen LogP contribution in [-0.4, -0.2) is 128 Å². The molecule has 6 amide bonds. The van der Waals surface area contributed by atoms with Crippen LogP contribution in [0.15, 0.2) is 60.7 Å². The standard InChI is InChI=1S/C50H72N6O8/c1-11-45(7)33-49(35(5)47(9,13-3)55(45)29-31-63-39(57)37-23-17-15-18-24-37)41(59)53(43(61)51-49)27-21-22-28-54-42(60)50(52-44(54)62)34-46(8,12-2)56(48(10,14-4)36(50)6)30-32-64-40(58)38-25-19-16-20-26-38/h15-20,23-26,35-36H,11-14,21-22,27-34H2,1-10H3,(H,51,61)(H,52,62). The summed E-state index contributed by atoms with van der Waals surface area (Å²) in [5.74, 6) is -1.82. The fraction of sp³-hybridized carbons (Fsp3) is 0.640. The van der Waals surface area contributed by atoms with E-state index in [4.69, 9.17) is 9.47 Å². The van der Waals surface area contributed by atoms with Crippen LogP contribution in [0.2, 0.25) is 0 Å². The molecule has 4 aliphatic heterocycles. The van der Waals surface area contributed by atoms with Crippen molar-refractivity contribution < 1.29 is 38.2 Å². The van der Waals surface area contributed by atoms with Gasteiger partial charge in [0.15, 0.2) is 0 Å². The monoisotopic (exact) mass is 885 g/mol. The number of carbonyl (C=O) groups is 6. The van der Waals surface area contributed by atoms with Gasteiger partial charge in [-0.3, -0.25) is 29.2 Å². The van der Waals surface area contributed by atoms with Crippen LogP contribution in [0.4, 0.5) is 9.59 Å². The van der Waals surface area contributed by atoms with Crippen LogP contribution in [0.1, 0.15) is 141 Å². The number of hydrogen-bond acceptors (Lipinski definition) is 10. The summed E-state index contributed by atoms with van der Waals surface area (Å²) in [7, 11) is 0. The molecule has 4 aliphatic rings. The summed E-state index contributed by atoms with van der Waals surface area (Å²) in [5, 5.41) is 6.36. The summed E-state index contributed by atoms with van der Waals surface area (Å²) in [6.45, 7) is 22.6. The maximum absolute atomic E-state index is 14.6. The molecule has 2 aromatic carbocycles. The van der Waals surface area contributed by atoms with Crippen LogP contribution < -0.4 is 10.6 Å². The molecule has 0 radical (unpaired) electrons. The van der Waals surface area contributed by atoms with Gasteiger partial charge in [-0.25, -0.2) is 19.2 Å². The minimum Gasteiger partial charge on any atom is -0.461 e. The highest BCUT2D eigenvalue weighted by Gasteiger charge is 2.68. The SMILES string of the molecule is CCC1(C)CC2(NC(=O)N(CCCCN3C(=O)NC4(CC(C)(CC)N(CCOC(=O)c5ccccc5)C(C)(CC)C4C)C3=O)C2=O)C(C)C(C)(CC)N1CCOC(=O)c1ccccc1. The molecule has 2 spiro atoms. The van der Waals surface area contributed by atoms with Crippen molar-refractivity contribution in [3.63, 3.8) is 0 Å². The lowest BCUT2D eigenvalue weighted by molar-refractivity contribution is -0.157. The molecular formula is C50H72N6O8. The maximum Gasteiger partial charge on any atom is 0.338 e. The Morgan fingerprint density at radius 2 is 0.906 bits per heavy atom. The highest BCUT2D eigenvalue weighted by Crippen LogP contribution is 2.53. The van der Waals surface area contributed by atoms with E-state index < -0.39 is 45.3 Å². The van der Waals surface area contributed by atoms with E-state index in [-0.39, 0.29) is 61.9 Å². The van der Waals surface area contributed by atoms with E-state index >= 15 is 0 Å². The number of esters is 2. The lowest BCUT2D eigenvalue weighted by atomic mass is 9.60. The van der Waals surface area contributed by atoms with Crippen molar-refractivity contribution in [1.29, 1.82) is 0 Å². The number of nitrogens with zero attached hydrogens (tertiary/aromatic N) is 4. The Balaban J connectivity index is 1.09. The van der Waals surface area contributed by atoms with Gasteiger partial charge in [-0.1, -0.05) is 77.9 Å². The van der Waals surface area contributed by atoms with Crippen LogP contribution in [0, 0.1) is 11.8 Å². The van der Waals surface area contributed by atoms with Gasteiger partial charge in [0.05, 0.1) is 11.1 Å². The number of urea groups is 2. The van der Waals surface area contributed by atoms with Gasteiger partial charge in [0.1, 0.15) is 24.3 Å². The predicted octanol–water partition coefficient (Wildman–Crippen LogP) is 7.42. The fourth-order valence-electron chi connectivity index (χ4n) is 12.0. The predicted molar refractivity (Wildman–Crippen MR) is 244 cm³/mol. The number of rotatable bonds is 17. The van der Waals surface area contributed by atoms with E-state index in [0.717, 1.165) is 0 Å². The Morgan fingerprint density at radius 1 is 0.562 bits per heavy atom. The summed E-state index contributed by atoms with van der Waals surface area (Å²) in [4.78, 5) is 89.9. The third-order valence-electron chi connectivity index (χ3n) is 16.7. The molecule has 0 saturated carbocycles. The quantitative estimate of drug-likeness (QED) is 0.0931. The van der Waals surface area contributed by atoms with E-state index in [9.17, 15) is 28.8 Å². The zero-order chi connectivity index (χ0) is 46.9. The number of hydrogen-bond donors (Lipinski definition) is 2. The molecule has 2 N–H and O–H groups in total. The van der Waals surface area contributed by atoms with E-state index in [1.54, 1.807) is 48.5 Å². The average Bonchev–Trinajstić information content (AvgIpc) is 3.68. The summed E-state index contributed by atoms with van der Waals surface area (Å²) < 4.78 is 11.5. The number of unbranched alkanes of at least 4 members (excludes halogenated alkanes) is 1. The first kappa shape index (κ1) is 48.6. The second kappa shape index (κ2) is 18.6. The highest BCUT2D eigenvalue weighted by atomic mass is 16.5. The lowest BCUT2D eigenvalue weighted by Gasteiger charge is -2.63. The van der Waals surface area contributed by atoms with E-state index in [0.29, 0.717) is 75.6 Å². The van der Waals surface area contributed by atoms with Gasteiger partial charge in [-0.2, -0.15) is 0 Å². The molecule has 4 saturated heterocycles. The highest BCUT2D eigenvalue weighted by molar-refractivity contribution is 6.08. The third-order valence-corrected chi connectivity index (χ3v) is 16.7. The van der Waals surface area contributed by atoms with Crippen molar-refractivity contribution in [3.05, 3.63) is 71.8 Å². The molecule has 0 aromatic heterocycles. The number of amides is 6. The number of carbonyl (C=O) groups excluding carboxylic acids is 6. The summed E-state index contributed by atoms with van der Waals surface area (Å²) >= 11 is 0. The van der Waals surface area contributed by atoms with Gasteiger partial charge >= 0.3 is 24.0 Å². The number of piperidine rings is 2. The molecule has 6 rings (SSSR count). The van der Waals surface area contributed by atoms with E-state index in [1.165, 1.54) is 9.80 Å². The van der Waals surface area contributed by atoms with Gasteiger partial charge in [0.2, 0.25) is 0 Å². The van der Waals surface area contributed by atoms with Crippen molar-refractivity contribution in [2.24, 2.45) is 11.8 Å². The van der Waals surface area contributed by atoms with Crippen LogP contribution >= 0.6 is 0 Å². The number of nitrogens with one attached hydrogen (secondary N) is 2. The normalized spacial score (nSPS) is 33.2. The topological polar surface area (TPSA) is 158 Å². The second-order valence-electron chi connectivity index (χ2n) is 19.7. The Kier molecular flexibility index (Phi) is 14.1. The number of imide groups is 2. The van der Waals surface area contributed by atoms with Crippen molar-refractivity contribution in [2.45, 2.75) is 154 Å². The zero-order valence-electron chi connectivity index (χ0n) is 39.9. The average molecular weight is 885 g/mol. The summed E-state index contributed by atoms with van der Waals surface area (Å²) in [6.07, 6.45) is 4.42. The fourth-order valence-corrected chi connectivity index (χ4v) is 12.0. The van der Waals surface area contributed by atoms with Gasteiger partial charge in [0, 0.05) is 60.2 Å². The van der Waals surface area contributed by atoms with E-state index in [1.807, 2.05) is 26.0 Å². The zero-order valence-corrected chi connectivity index (χ0v) is 39.9. The Morgan fingerprint density at radius 3 is 1.22 bits per heavy atom. The van der Waals surface area contributed by atoms with Crippen LogP contribution in [-0.2, 0) is 19.1 Å². The number of benzene rings is 2. The first-order valence-corrected chi connectivity index (χ1v) is 23.6. The van der Waals surface area contributed by atoms with Gasteiger partial charge in [-0.05, 0) is 103 Å². The molecule has 14 nitrogen and oxygen atoms in total. The van der Waals surface area contributed by atoms with Gasteiger partial charge in [-0.15, -0.1) is 0 Å². The summed E-state index contributed by atoms with van der Waals surface area (Å²) in [5.41, 5.74) is -3.33. The molecule has 64 heavy (non-hydrogen) atoms. The number of likely N-dealkylation sites (tertiary alicyclic amines) is 2. The van der Waals surface area contributed by atoms with Gasteiger partial charge in [0.25, 0.3) is 11.8 Å². The minimum absolute atomic E-state index is 0.154. The smallest absolute Gasteiger partial charge is 0.338 e. The van der Waals surface area contributed by atoms with Crippen molar-refractivity contribution in [1.82, 2.24) is 30.2 Å². The Labute approximate surface area is 380 Å². The molecule has 350 valence electrons. The first-order chi connectivity index (χ1) is 30.3. The minimum atomic E-state index is -1.13. The lowest BCUT2D eigenvalue weighted by Crippen LogP contribution is -2.75. The van der Waals surface area contributed by atoms with E-state index in [2.05, 4.69) is 75.8 Å². The first-order valence-electron chi connectivity index (χ1n) is 23.6. The van der Waals surface area contributed by atoms with Gasteiger partial charge < -0.3 is 20.1 Å². The number of ether oxygens (including phenoxy) is 2. The molecule has 4 heterocycles. The molecule has 2 aromatic rings. The third kappa shape index (κ3) is 8.22. The molecule has 4 fully saturated rings. The molecule has 14 heteroatoms. The molecular weight excluding hydrogens is 813 g/mol. The maximum atomic E-state index is 14.6. The molecule has 0 bridgehead atoms. The van der Waals surface area contributed by atoms with Crippen LogP contribution in [0.3, 0.4) is 0 Å². The van der Waals surface area contributed by atoms with Crippen molar-refractivity contribution in [2.75, 3.05) is 39.4 Å². The van der Waals surface area contributed by atoms with Crippen LogP contribution in [0.5, 0.6) is 0 Å². The largest absolute Gasteiger partial charge is 0.461 e. The Hall–Kier alpha value is -4.82. The van der Waals surface area contributed by atoms with Crippen LogP contribution in [0.25, 0.3) is 0 Å². The molecule has 0 aliphatic carbocycles. The molecule has 8 atom stereocenters. The summed E-state index contributed by atoms with van der Waals surface area (Å²) in [6, 6.07) is 17.0. The second-order valence-corrected chi connectivity index (χ2v) is 19.7. The van der Waals surface area contributed by atoms with Crippen molar-refractivity contribution in [3.8, 4) is 0 Å². The Bertz CT molecular complexity index is 1930.